The monoisotopic (exact) mass is 373 g/mol. The van der Waals surface area contributed by atoms with E-state index in [9.17, 15) is 14.7 Å². The Morgan fingerprint density at radius 3 is 2.85 bits per heavy atom. The van der Waals surface area contributed by atoms with Crippen molar-refractivity contribution < 1.29 is 19.4 Å². The first-order valence-electron chi connectivity index (χ1n) is 9.53. The van der Waals surface area contributed by atoms with Crippen molar-refractivity contribution in [1.29, 1.82) is 0 Å². The van der Waals surface area contributed by atoms with Gasteiger partial charge in [0.05, 0.1) is 6.61 Å². The van der Waals surface area contributed by atoms with Crippen molar-refractivity contribution in [2.24, 2.45) is 0 Å². The second kappa shape index (κ2) is 8.43. The molecule has 1 atom stereocenters. The van der Waals surface area contributed by atoms with Crippen LogP contribution in [0.1, 0.15) is 37.2 Å². The van der Waals surface area contributed by atoms with E-state index in [0.717, 1.165) is 25.9 Å². The summed E-state index contributed by atoms with van der Waals surface area (Å²) in [7, 11) is 0. The molecule has 1 saturated heterocycles. The third-order valence-corrected chi connectivity index (χ3v) is 5.11. The second-order valence-corrected chi connectivity index (χ2v) is 6.81. The lowest BCUT2D eigenvalue weighted by Gasteiger charge is -2.23. The highest BCUT2D eigenvalue weighted by Gasteiger charge is 2.24. The van der Waals surface area contributed by atoms with Crippen LogP contribution >= 0.6 is 0 Å². The zero-order valence-corrected chi connectivity index (χ0v) is 15.9. The van der Waals surface area contributed by atoms with Gasteiger partial charge in [0.1, 0.15) is 18.0 Å². The fourth-order valence-electron chi connectivity index (χ4n) is 3.78. The highest BCUT2D eigenvalue weighted by atomic mass is 16.5. The lowest BCUT2D eigenvalue weighted by molar-refractivity contribution is -0.121. The Morgan fingerprint density at radius 1 is 1.30 bits per heavy atom. The van der Waals surface area contributed by atoms with Crippen LogP contribution < -0.4 is 5.32 Å². The van der Waals surface area contributed by atoms with Gasteiger partial charge in [-0.05, 0) is 57.1 Å². The number of likely N-dealkylation sites (N-methyl/N-ethyl adjacent to an activating group) is 1. The number of carbonyl (C=O) groups excluding carboxylic acids is 2. The van der Waals surface area contributed by atoms with Crippen LogP contribution in [0.4, 0.5) is 0 Å². The third kappa shape index (κ3) is 4.24. The summed E-state index contributed by atoms with van der Waals surface area (Å²) in [6.45, 7) is 6.84. The molecule has 0 aliphatic carbocycles. The number of hydrogen-bond donors (Lipinski definition) is 2. The highest BCUT2D eigenvalue weighted by molar-refractivity contribution is 5.97. The summed E-state index contributed by atoms with van der Waals surface area (Å²) in [6.07, 6.45) is 2.25. The lowest BCUT2D eigenvalue weighted by Crippen LogP contribution is -2.41. The Bertz CT molecular complexity index is 830. The van der Waals surface area contributed by atoms with Crippen LogP contribution in [0.3, 0.4) is 0 Å². The Balaban J connectivity index is 1.77. The van der Waals surface area contributed by atoms with Crippen molar-refractivity contribution in [2.45, 2.75) is 39.3 Å². The number of rotatable bonds is 7. The summed E-state index contributed by atoms with van der Waals surface area (Å²) < 4.78 is 6.77. The van der Waals surface area contributed by atoms with Crippen LogP contribution in [0.5, 0.6) is 5.75 Å². The molecule has 1 amide bonds. The lowest BCUT2D eigenvalue weighted by atomic mass is 10.2. The Hall–Kier alpha value is -2.54. The molecule has 1 unspecified atom stereocenters. The molecule has 3 rings (SSSR count). The number of hydrogen-bond acceptors (Lipinski definition) is 5. The van der Waals surface area contributed by atoms with E-state index in [-0.39, 0.29) is 24.8 Å². The smallest absolute Gasteiger partial charge is 0.354 e. The Kier molecular flexibility index (Phi) is 6.01. The summed E-state index contributed by atoms with van der Waals surface area (Å²) in [5.74, 6) is -0.511. The van der Waals surface area contributed by atoms with Crippen molar-refractivity contribution in [3.63, 3.8) is 0 Å². The second-order valence-electron chi connectivity index (χ2n) is 6.81. The number of esters is 1. The topological polar surface area (TPSA) is 83.8 Å². The van der Waals surface area contributed by atoms with Gasteiger partial charge in [-0.15, -0.1) is 0 Å². The molecule has 7 nitrogen and oxygen atoms in total. The maximum atomic E-state index is 12.6. The number of phenolic OH excluding ortho intramolecular Hbond substituents is 1. The largest absolute Gasteiger partial charge is 0.508 e. The molecule has 2 N–H and O–H groups in total. The average Bonchev–Trinajstić information content (AvgIpc) is 3.24. The van der Waals surface area contributed by atoms with Crippen LogP contribution in [0.25, 0.3) is 10.9 Å². The van der Waals surface area contributed by atoms with Gasteiger partial charge in [0.25, 0.3) is 0 Å². The molecule has 1 aliphatic heterocycles. The van der Waals surface area contributed by atoms with Crippen LogP contribution in [-0.4, -0.2) is 58.7 Å². The van der Waals surface area contributed by atoms with E-state index in [1.165, 1.54) is 0 Å². The number of likely N-dealkylation sites (tertiary alicyclic amines) is 1. The Morgan fingerprint density at radius 2 is 2.11 bits per heavy atom. The van der Waals surface area contributed by atoms with E-state index in [1.54, 1.807) is 35.8 Å². The number of aromatic hydroxyl groups is 1. The van der Waals surface area contributed by atoms with Crippen molar-refractivity contribution >= 4 is 22.8 Å². The molecule has 1 aromatic carbocycles. The van der Waals surface area contributed by atoms with Gasteiger partial charge in [-0.25, -0.2) is 4.79 Å². The molecule has 7 heteroatoms. The summed E-state index contributed by atoms with van der Waals surface area (Å²) >= 11 is 0. The van der Waals surface area contributed by atoms with E-state index in [2.05, 4.69) is 17.1 Å². The molecule has 0 spiro atoms. The van der Waals surface area contributed by atoms with Crippen molar-refractivity contribution in [3.8, 4) is 5.75 Å². The fourth-order valence-corrected chi connectivity index (χ4v) is 3.78. The van der Waals surface area contributed by atoms with Gasteiger partial charge in [-0.2, -0.15) is 0 Å². The standard InChI is InChI=1S/C20H27N3O4/c1-3-22-9-5-6-15(22)12-21-19(25)13-23-17-8-7-16(24)10-14(17)11-18(23)20(26)27-4-2/h7-8,10-11,15,24H,3-6,9,12-13H2,1-2H3,(H,21,25). The van der Waals surface area contributed by atoms with Crippen LogP contribution in [0.15, 0.2) is 24.3 Å². The average molecular weight is 373 g/mol. The molecule has 27 heavy (non-hydrogen) atoms. The first-order valence-corrected chi connectivity index (χ1v) is 9.53. The molecule has 2 aromatic rings. The highest BCUT2D eigenvalue weighted by Crippen LogP contribution is 2.25. The van der Waals surface area contributed by atoms with E-state index >= 15 is 0 Å². The zero-order valence-electron chi connectivity index (χ0n) is 15.9. The quantitative estimate of drug-likeness (QED) is 0.727. The predicted molar refractivity (Wildman–Crippen MR) is 103 cm³/mol. The number of fused-ring (bicyclic) bond motifs is 1. The Labute approximate surface area is 158 Å². The maximum Gasteiger partial charge on any atom is 0.354 e. The van der Waals surface area contributed by atoms with Crippen molar-refractivity contribution in [3.05, 3.63) is 30.0 Å². The number of ether oxygens (including phenoxy) is 1. The minimum Gasteiger partial charge on any atom is -0.508 e. The third-order valence-electron chi connectivity index (χ3n) is 5.11. The molecule has 1 aromatic heterocycles. The van der Waals surface area contributed by atoms with Gasteiger partial charge < -0.3 is 19.7 Å². The van der Waals surface area contributed by atoms with Gasteiger partial charge in [0, 0.05) is 23.5 Å². The number of carbonyl (C=O) groups is 2. The first kappa shape index (κ1) is 19.2. The maximum absolute atomic E-state index is 12.6. The number of amides is 1. The minimum atomic E-state index is -0.478. The van der Waals surface area contributed by atoms with E-state index in [0.29, 0.717) is 29.2 Å². The fraction of sp³-hybridized carbons (Fsp3) is 0.500. The zero-order chi connectivity index (χ0) is 19.4. The molecule has 0 bridgehead atoms. The predicted octanol–water partition coefficient (Wildman–Crippen LogP) is 2.12. The van der Waals surface area contributed by atoms with Crippen molar-refractivity contribution in [2.75, 3.05) is 26.2 Å². The SMILES string of the molecule is CCOC(=O)c1cc2cc(O)ccc2n1CC(=O)NCC1CCCN1CC. The van der Waals surface area contributed by atoms with Crippen LogP contribution in [0.2, 0.25) is 0 Å². The van der Waals surface area contributed by atoms with Gasteiger partial charge in [0.15, 0.2) is 0 Å². The normalized spacial score (nSPS) is 17.3. The summed E-state index contributed by atoms with van der Waals surface area (Å²) in [5, 5.41) is 13.4. The molecule has 2 heterocycles. The number of benzene rings is 1. The molecular weight excluding hydrogens is 346 g/mol. The van der Waals surface area contributed by atoms with Gasteiger partial charge in [-0.1, -0.05) is 6.92 Å². The molecule has 1 fully saturated rings. The molecular formula is C20H27N3O4. The first-order chi connectivity index (χ1) is 13.0. The van der Waals surface area contributed by atoms with Crippen LogP contribution in [0, 0.1) is 0 Å². The molecule has 0 radical (unpaired) electrons. The number of nitrogens with zero attached hydrogens (tertiary/aromatic N) is 2. The van der Waals surface area contributed by atoms with E-state index in [1.807, 2.05) is 0 Å². The number of phenols is 1. The molecule has 0 saturated carbocycles. The van der Waals surface area contributed by atoms with Gasteiger partial charge >= 0.3 is 5.97 Å². The minimum absolute atomic E-state index is 0.0290. The van der Waals surface area contributed by atoms with Crippen molar-refractivity contribution in [1.82, 2.24) is 14.8 Å². The van der Waals surface area contributed by atoms with Crippen LogP contribution in [-0.2, 0) is 16.1 Å². The van der Waals surface area contributed by atoms with E-state index in [4.69, 9.17) is 4.74 Å². The van der Waals surface area contributed by atoms with Gasteiger partial charge in [0.2, 0.25) is 5.91 Å². The summed E-state index contributed by atoms with van der Waals surface area (Å²) in [5.41, 5.74) is 1.02. The summed E-state index contributed by atoms with van der Waals surface area (Å²) in [4.78, 5) is 27.2. The van der Waals surface area contributed by atoms with Gasteiger partial charge in [-0.3, -0.25) is 9.69 Å². The number of nitrogens with one attached hydrogen (secondary N) is 1. The number of aromatic nitrogens is 1. The summed E-state index contributed by atoms with van der Waals surface area (Å²) in [6, 6.07) is 6.85. The molecule has 146 valence electrons. The van der Waals surface area contributed by atoms with E-state index < -0.39 is 5.97 Å². The molecule has 1 aliphatic rings.